The number of hydrogen-bond donors (Lipinski definition) is 0. The SMILES string of the molecule is Cc1nc(-c2ccc(OC(=O)c3ccc(CS(C)(=O)=O)cc3)cc2)no1. The molecule has 3 rings (SSSR count). The Balaban J connectivity index is 1.67. The van der Waals surface area contributed by atoms with Crippen molar-refractivity contribution in [3.63, 3.8) is 0 Å². The van der Waals surface area contributed by atoms with Crippen molar-refractivity contribution >= 4 is 15.8 Å². The minimum absolute atomic E-state index is 0.0701. The molecule has 0 saturated carbocycles. The van der Waals surface area contributed by atoms with Gasteiger partial charge in [0.1, 0.15) is 5.75 Å². The van der Waals surface area contributed by atoms with Crippen LogP contribution >= 0.6 is 0 Å². The van der Waals surface area contributed by atoms with Gasteiger partial charge in [-0.15, -0.1) is 0 Å². The van der Waals surface area contributed by atoms with E-state index in [0.29, 0.717) is 28.6 Å². The number of aryl methyl sites for hydroxylation is 1. The van der Waals surface area contributed by atoms with Crippen LogP contribution in [0.4, 0.5) is 0 Å². The van der Waals surface area contributed by atoms with E-state index in [0.717, 1.165) is 11.8 Å². The van der Waals surface area contributed by atoms with Crippen LogP contribution in [0.25, 0.3) is 11.4 Å². The largest absolute Gasteiger partial charge is 0.423 e. The standard InChI is InChI=1S/C18H16N2O5S/c1-12-19-17(20-25-12)14-7-9-16(10-8-14)24-18(21)15-5-3-13(4-6-15)11-26(2,22)23/h3-10H,11H2,1-2H3. The van der Waals surface area contributed by atoms with E-state index in [1.165, 1.54) is 0 Å². The van der Waals surface area contributed by atoms with Gasteiger partial charge < -0.3 is 9.26 Å². The van der Waals surface area contributed by atoms with Gasteiger partial charge in [-0.25, -0.2) is 13.2 Å². The lowest BCUT2D eigenvalue weighted by molar-refractivity contribution is 0.0735. The number of sulfone groups is 1. The monoisotopic (exact) mass is 372 g/mol. The first-order chi connectivity index (χ1) is 12.3. The van der Waals surface area contributed by atoms with Gasteiger partial charge in [-0.1, -0.05) is 17.3 Å². The zero-order valence-corrected chi connectivity index (χ0v) is 15.0. The Labute approximate surface area is 150 Å². The van der Waals surface area contributed by atoms with E-state index in [9.17, 15) is 13.2 Å². The van der Waals surface area contributed by atoms with Crippen molar-refractivity contribution in [2.45, 2.75) is 12.7 Å². The van der Waals surface area contributed by atoms with E-state index in [1.54, 1.807) is 55.5 Å². The minimum atomic E-state index is -3.12. The van der Waals surface area contributed by atoms with Crippen LogP contribution in [-0.2, 0) is 15.6 Å². The number of hydrogen-bond acceptors (Lipinski definition) is 7. The van der Waals surface area contributed by atoms with Crippen molar-refractivity contribution in [2.24, 2.45) is 0 Å². The second kappa shape index (κ2) is 7.09. The molecular weight excluding hydrogens is 356 g/mol. The smallest absolute Gasteiger partial charge is 0.343 e. The minimum Gasteiger partial charge on any atom is -0.423 e. The van der Waals surface area contributed by atoms with E-state index < -0.39 is 15.8 Å². The average Bonchev–Trinajstić information content (AvgIpc) is 3.01. The summed E-state index contributed by atoms with van der Waals surface area (Å²) in [7, 11) is -3.12. The normalized spacial score (nSPS) is 11.3. The van der Waals surface area contributed by atoms with Gasteiger partial charge in [-0.2, -0.15) is 4.98 Å². The molecule has 0 saturated heterocycles. The van der Waals surface area contributed by atoms with Crippen molar-refractivity contribution < 1.29 is 22.5 Å². The summed E-state index contributed by atoms with van der Waals surface area (Å²) in [5.41, 5.74) is 1.69. The summed E-state index contributed by atoms with van der Waals surface area (Å²) in [6.07, 6.45) is 1.16. The number of esters is 1. The fourth-order valence-corrected chi connectivity index (χ4v) is 3.09. The molecule has 8 heteroatoms. The Hall–Kier alpha value is -3.00. The molecule has 0 spiro atoms. The van der Waals surface area contributed by atoms with E-state index in [2.05, 4.69) is 10.1 Å². The van der Waals surface area contributed by atoms with E-state index in [-0.39, 0.29) is 5.75 Å². The number of carbonyl (C=O) groups excluding carboxylic acids is 1. The van der Waals surface area contributed by atoms with Crippen LogP contribution in [0.5, 0.6) is 5.75 Å². The van der Waals surface area contributed by atoms with Gasteiger partial charge in [0.05, 0.1) is 11.3 Å². The fraction of sp³-hybridized carbons (Fsp3) is 0.167. The average molecular weight is 372 g/mol. The van der Waals surface area contributed by atoms with Crippen LogP contribution in [0, 0.1) is 6.92 Å². The summed E-state index contributed by atoms with van der Waals surface area (Å²) in [6.45, 7) is 1.70. The highest BCUT2D eigenvalue weighted by Crippen LogP contribution is 2.21. The molecule has 1 aromatic heterocycles. The first-order valence-corrected chi connectivity index (χ1v) is 9.76. The maximum Gasteiger partial charge on any atom is 0.343 e. The van der Waals surface area contributed by atoms with Crippen molar-refractivity contribution in [3.8, 4) is 17.1 Å². The summed E-state index contributed by atoms with van der Waals surface area (Å²) >= 11 is 0. The van der Waals surface area contributed by atoms with Gasteiger partial charge in [0.2, 0.25) is 11.7 Å². The zero-order valence-electron chi connectivity index (χ0n) is 14.2. The summed E-state index contributed by atoms with van der Waals surface area (Å²) in [5.74, 6) is 0.703. The molecule has 0 aliphatic rings. The van der Waals surface area contributed by atoms with E-state index in [4.69, 9.17) is 9.26 Å². The number of aromatic nitrogens is 2. The summed E-state index contributed by atoms with van der Waals surface area (Å²) in [6, 6.07) is 13.0. The van der Waals surface area contributed by atoms with Crippen molar-refractivity contribution in [3.05, 3.63) is 65.5 Å². The zero-order chi connectivity index (χ0) is 18.7. The van der Waals surface area contributed by atoms with Gasteiger partial charge in [0.15, 0.2) is 9.84 Å². The molecule has 3 aromatic rings. The lowest BCUT2D eigenvalue weighted by atomic mass is 10.1. The third-order valence-corrected chi connectivity index (χ3v) is 4.33. The Morgan fingerprint density at radius 3 is 2.27 bits per heavy atom. The number of benzene rings is 2. The number of ether oxygens (including phenoxy) is 1. The third-order valence-electron chi connectivity index (χ3n) is 3.47. The van der Waals surface area contributed by atoms with Crippen LogP contribution in [0.15, 0.2) is 53.1 Å². The maximum absolute atomic E-state index is 12.2. The highest BCUT2D eigenvalue weighted by atomic mass is 32.2. The Morgan fingerprint density at radius 2 is 1.73 bits per heavy atom. The van der Waals surface area contributed by atoms with Gasteiger partial charge in [0.25, 0.3) is 0 Å². The van der Waals surface area contributed by atoms with Gasteiger partial charge in [-0.3, -0.25) is 0 Å². The molecule has 1 heterocycles. The summed E-state index contributed by atoms with van der Waals surface area (Å²) in [4.78, 5) is 16.3. The molecule has 0 aliphatic carbocycles. The lowest BCUT2D eigenvalue weighted by Crippen LogP contribution is -2.09. The maximum atomic E-state index is 12.2. The van der Waals surface area contributed by atoms with Gasteiger partial charge in [0, 0.05) is 18.7 Å². The van der Waals surface area contributed by atoms with Gasteiger partial charge >= 0.3 is 5.97 Å². The van der Waals surface area contributed by atoms with Crippen molar-refractivity contribution in [2.75, 3.05) is 6.26 Å². The molecule has 0 radical (unpaired) electrons. The number of carbonyl (C=O) groups is 1. The van der Waals surface area contributed by atoms with Crippen LogP contribution < -0.4 is 4.74 Å². The quantitative estimate of drug-likeness (QED) is 0.501. The van der Waals surface area contributed by atoms with Crippen LogP contribution in [0.1, 0.15) is 21.8 Å². The highest BCUT2D eigenvalue weighted by Gasteiger charge is 2.11. The van der Waals surface area contributed by atoms with Crippen LogP contribution in [0.2, 0.25) is 0 Å². The molecule has 0 amide bonds. The second-order valence-corrected chi connectivity index (χ2v) is 7.96. The van der Waals surface area contributed by atoms with E-state index in [1.807, 2.05) is 0 Å². The number of rotatable bonds is 5. The van der Waals surface area contributed by atoms with Gasteiger partial charge in [-0.05, 0) is 42.0 Å². The first-order valence-electron chi connectivity index (χ1n) is 7.70. The summed E-state index contributed by atoms with van der Waals surface area (Å²) < 4.78 is 32.8. The summed E-state index contributed by atoms with van der Waals surface area (Å²) in [5, 5.41) is 3.82. The van der Waals surface area contributed by atoms with Crippen molar-refractivity contribution in [1.82, 2.24) is 10.1 Å². The molecule has 2 aromatic carbocycles. The predicted octanol–water partition coefficient (Wildman–Crippen LogP) is 2.81. The highest BCUT2D eigenvalue weighted by molar-refractivity contribution is 7.89. The Morgan fingerprint density at radius 1 is 1.08 bits per heavy atom. The predicted molar refractivity (Wildman–Crippen MR) is 94.4 cm³/mol. The fourth-order valence-electron chi connectivity index (χ4n) is 2.29. The number of nitrogens with zero attached hydrogens (tertiary/aromatic N) is 2. The molecule has 0 atom stereocenters. The molecule has 134 valence electrons. The molecule has 0 N–H and O–H groups in total. The Bertz CT molecular complexity index is 1020. The lowest BCUT2D eigenvalue weighted by Gasteiger charge is -2.06. The van der Waals surface area contributed by atoms with Crippen molar-refractivity contribution in [1.29, 1.82) is 0 Å². The second-order valence-electron chi connectivity index (χ2n) is 5.82. The molecule has 0 bridgehead atoms. The molecule has 0 unspecified atom stereocenters. The van der Waals surface area contributed by atoms with Crippen LogP contribution in [0.3, 0.4) is 0 Å². The molecular formula is C18H16N2O5S. The molecule has 0 fully saturated rings. The van der Waals surface area contributed by atoms with E-state index >= 15 is 0 Å². The first kappa shape index (κ1) is 17.8. The Kier molecular flexibility index (Phi) is 4.85. The topological polar surface area (TPSA) is 99.4 Å². The molecule has 0 aliphatic heterocycles. The van der Waals surface area contributed by atoms with Crippen LogP contribution in [-0.4, -0.2) is 30.8 Å². The molecule has 7 nitrogen and oxygen atoms in total. The third kappa shape index (κ3) is 4.54. The molecule has 26 heavy (non-hydrogen) atoms.